The Bertz CT molecular complexity index is 3320. The molecule has 18 N–H and O–H groups in total. The van der Waals surface area contributed by atoms with E-state index in [1.54, 1.807) is 80.4 Å². The van der Waals surface area contributed by atoms with Crippen LogP contribution >= 0.6 is 21.6 Å². The monoisotopic (exact) mass is 1420 g/mol. The van der Waals surface area contributed by atoms with E-state index in [0.29, 0.717) is 34.0 Å². The molecule has 34 heteroatoms. The number of carbonyl (C=O) groups is 11. The van der Waals surface area contributed by atoms with Crippen molar-refractivity contribution in [2.75, 3.05) is 103 Å². The maximum atomic E-state index is 15.3. The number of carbonyl (C=O) groups excluding carboxylic acids is 8. The summed E-state index contributed by atoms with van der Waals surface area (Å²) >= 11 is 0. The van der Waals surface area contributed by atoms with E-state index in [2.05, 4.69) is 47.5 Å². The van der Waals surface area contributed by atoms with Gasteiger partial charge >= 0.3 is 17.9 Å². The van der Waals surface area contributed by atoms with Gasteiger partial charge in [0, 0.05) is 100 Å². The first-order valence-corrected chi connectivity index (χ1v) is 35.0. The molecule has 99 heavy (non-hydrogen) atoms. The van der Waals surface area contributed by atoms with Crippen LogP contribution in [0, 0.1) is 0 Å². The van der Waals surface area contributed by atoms with Crippen LogP contribution in [-0.2, 0) is 72.0 Å². The Morgan fingerprint density at radius 1 is 0.596 bits per heavy atom. The van der Waals surface area contributed by atoms with Crippen LogP contribution in [-0.4, -0.2) is 289 Å². The van der Waals surface area contributed by atoms with E-state index >= 15 is 14.4 Å². The average molecular weight is 1420 g/mol. The summed E-state index contributed by atoms with van der Waals surface area (Å²) in [6.45, 7) is 1.08. The molecule has 542 valence electrons. The molecule has 1 aromatic heterocycles. The standard InChI is InChI=1S/C65H92N14O18S2/c1-39(81)51(36-80)72-64(96)53-38-99-98-37-52(73-60(92)48(28-41-10-4-3-5-11-41)68-54(84)32-76-20-22-77(33-55(85)86)24-26-79(35-57(89)90)27-25-78(23-21-76)34-56(87)88)63(95)70-49(29-42-15-17-44(83)18-16-42)61(93)71-50(30-43-31-67-46-13-7-6-12-45(43)46)62(94)69-47(14-8-9-19-66)59(91)75-58(40(2)82)65(97)74-53/h3-7,10-13,15-18,31,39-40,47-53,58,67,80-83H,8-9,14,19-30,32-38,66H2,1-2H3,(H,68,84)(H,69,94)(H,70,95)(H,71,93)(H,72,96)(H,73,92)(H,74,97)(H,75,91)(H,85,86)(H,87,88)(H,89,90)/t39-,40?,47?,48?,49?,50?,51-,52?,53?,58?/m1/s1. The number of aromatic amines is 1. The van der Waals surface area contributed by atoms with Crippen molar-refractivity contribution in [3.8, 4) is 5.75 Å². The number of carboxylic acid groups (broad SMARTS) is 3. The van der Waals surface area contributed by atoms with Gasteiger partial charge in [0.15, 0.2) is 0 Å². The zero-order valence-electron chi connectivity index (χ0n) is 55.2. The molecule has 0 spiro atoms. The Hall–Kier alpha value is -8.45. The molecule has 8 amide bonds. The van der Waals surface area contributed by atoms with Crippen molar-refractivity contribution in [3.05, 3.63) is 102 Å². The summed E-state index contributed by atoms with van der Waals surface area (Å²) in [4.78, 5) is 163. The number of phenolic OH excluding ortho intramolecular Hbond substituents is 1. The molecule has 0 bridgehead atoms. The molecular formula is C65H92N14O18S2. The third kappa shape index (κ3) is 27.0. The van der Waals surface area contributed by atoms with Crippen LogP contribution in [0.25, 0.3) is 10.9 Å². The molecule has 10 atom stereocenters. The summed E-state index contributed by atoms with van der Waals surface area (Å²) in [6.07, 6.45) is -1.31. The van der Waals surface area contributed by atoms with Crippen LogP contribution in [0.15, 0.2) is 85.1 Å². The molecule has 3 aromatic carbocycles. The number of phenols is 1. The number of hydrogen-bond donors (Lipinski definition) is 17. The van der Waals surface area contributed by atoms with Crippen LogP contribution in [0.1, 0.15) is 49.8 Å². The van der Waals surface area contributed by atoms with E-state index < -0.39 is 152 Å². The minimum Gasteiger partial charge on any atom is -0.508 e. The van der Waals surface area contributed by atoms with Crippen molar-refractivity contribution < 1.29 is 88.5 Å². The molecule has 8 unspecified atom stereocenters. The quantitative estimate of drug-likeness (QED) is 0.0215. The summed E-state index contributed by atoms with van der Waals surface area (Å²) in [6, 6.07) is 9.21. The minimum atomic E-state index is -1.77. The zero-order valence-corrected chi connectivity index (χ0v) is 56.8. The van der Waals surface area contributed by atoms with E-state index in [-0.39, 0.29) is 115 Å². The molecule has 0 radical (unpaired) electrons. The fourth-order valence-electron chi connectivity index (χ4n) is 11.1. The van der Waals surface area contributed by atoms with Gasteiger partial charge < -0.3 is 89.0 Å². The number of carboxylic acids is 3. The van der Waals surface area contributed by atoms with Gasteiger partial charge in [0.05, 0.1) is 51.0 Å². The SMILES string of the molecule is CC(O)C1NC(=O)C(CCCCN)NC(=O)C(Cc2c[nH]c3ccccc23)NC(=O)C(Cc2ccc(O)cc2)NC(=O)C(NC(=O)C(Cc2ccccc2)NC(=O)CN2CCN(CC(=O)O)CCN(CC(=O)O)CCN(CC(=O)O)CC2)CSSCC(C(=O)N[C@H](CO)[C@@H](C)O)NC1=O. The van der Waals surface area contributed by atoms with E-state index in [1.165, 1.54) is 38.1 Å². The molecule has 2 saturated heterocycles. The highest BCUT2D eigenvalue weighted by Gasteiger charge is 2.37. The Morgan fingerprint density at radius 2 is 1.12 bits per heavy atom. The normalized spacial score (nSPS) is 22.0. The minimum absolute atomic E-state index is 0.0540. The van der Waals surface area contributed by atoms with E-state index in [1.807, 2.05) is 0 Å². The smallest absolute Gasteiger partial charge is 0.317 e. The zero-order chi connectivity index (χ0) is 72.1. The fraction of sp³-hybridized carbons (Fsp3) is 0.523. The number of aliphatic carboxylic acids is 3. The highest BCUT2D eigenvalue weighted by molar-refractivity contribution is 8.76. The number of aromatic nitrogens is 1. The molecule has 0 saturated carbocycles. The van der Waals surface area contributed by atoms with Crippen molar-refractivity contribution in [1.82, 2.24) is 67.1 Å². The van der Waals surface area contributed by atoms with Gasteiger partial charge in [0.1, 0.15) is 48.0 Å². The number of nitrogens with zero attached hydrogens (tertiary/aromatic N) is 4. The summed E-state index contributed by atoms with van der Waals surface area (Å²) in [5.74, 6) is -11.6. The summed E-state index contributed by atoms with van der Waals surface area (Å²) in [5.41, 5.74) is 8.05. The molecule has 0 aliphatic carbocycles. The number of para-hydroxylation sites is 1. The van der Waals surface area contributed by atoms with E-state index in [4.69, 9.17) is 5.73 Å². The molecule has 2 aliphatic heterocycles. The van der Waals surface area contributed by atoms with Gasteiger partial charge in [-0.2, -0.15) is 0 Å². The van der Waals surface area contributed by atoms with Crippen molar-refractivity contribution in [3.63, 3.8) is 0 Å². The number of aromatic hydroxyl groups is 1. The Balaban J connectivity index is 1.40. The number of benzene rings is 3. The van der Waals surface area contributed by atoms with Gasteiger partial charge in [-0.1, -0.05) is 82.3 Å². The van der Waals surface area contributed by atoms with Gasteiger partial charge in [-0.15, -0.1) is 0 Å². The first-order chi connectivity index (χ1) is 47.3. The number of aliphatic hydroxyl groups is 3. The molecule has 6 rings (SSSR count). The van der Waals surface area contributed by atoms with Crippen LogP contribution in [0.5, 0.6) is 5.75 Å². The topological polar surface area (TPSA) is 480 Å². The summed E-state index contributed by atoms with van der Waals surface area (Å²) in [7, 11) is 1.81. The lowest BCUT2D eigenvalue weighted by molar-refractivity contribution is -0.140. The molecule has 2 aliphatic rings. The highest BCUT2D eigenvalue weighted by atomic mass is 33.1. The van der Waals surface area contributed by atoms with Gasteiger partial charge in [0.25, 0.3) is 0 Å². The van der Waals surface area contributed by atoms with E-state index in [9.17, 15) is 74.1 Å². The molecule has 3 heterocycles. The van der Waals surface area contributed by atoms with Gasteiger partial charge in [-0.25, -0.2) is 0 Å². The first kappa shape index (κ1) is 79.5. The molecular weight excluding hydrogens is 1330 g/mol. The number of fused-ring (bicyclic) bond motifs is 1. The number of amides is 8. The van der Waals surface area contributed by atoms with Crippen molar-refractivity contribution in [2.24, 2.45) is 5.73 Å². The lowest BCUT2D eigenvalue weighted by atomic mass is 10.0. The predicted molar refractivity (Wildman–Crippen MR) is 366 cm³/mol. The number of nitrogens with two attached hydrogens (primary N) is 1. The summed E-state index contributed by atoms with van der Waals surface area (Å²) in [5, 5.41) is 93.2. The number of aliphatic hydroxyl groups excluding tert-OH is 3. The Labute approximate surface area is 580 Å². The summed E-state index contributed by atoms with van der Waals surface area (Å²) < 4.78 is 0. The van der Waals surface area contributed by atoms with Crippen LogP contribution in [0.2, 0.25) is 0 Å². The fourth-order valence-corrected chi connectivity index (χ4v) is 13.4. The Morgan fingerprint density at radius 3 is 1.68 bits per heavy atom. The van der Waals surface area contributed by atoms with Crippen molar-refractivity contribution >= 4 is 97.7 Å². The second-order valence-electron chi connectivity index (χ2n) is 24.5. The predicted octanol–water partition coefficient (Wildman–Crippen LogP) is -3.47. The van der Waals surface area contributed by atoms with Crippen LogP contribution < -0.4 is 48.3 Å². The third-order valence-electron chi connectivity index (χ3n) is 16.6. The maximum Gasteiger partial charge on any atom is 0.317 e. The second-order valence-corrected chi connectivity index (χ2v) is 27.0. The van der Waals surface area contributed by atoms with Crippen molar-refractivity contribution in [1.29, 1.82) is 0 Å². The highest BCUT2D eigenvalue weighted by Crippen LogP contribution is 2.25. The van der Waals surface area contributed by atoms with Crippen LogP contribution in [0.3, 0.4) is 0 Å². The lowest BCUT2D eigenvalue weighted by Crippen LogP contribution is -2.62. The van der Waals surface area contributed by atoms with Gasteiger partial charge in [-0.05, 0) is 74.5 Å². The average Bonchev–Trinajstić information content (AvgIpc) is 1.73. The largest absolute Gasteiger partial charge is 0.508 e. The van der Waals surface area contributed by atoms with Crippen LogP contribution in [0.4, 0.5) is 0 Å². The first-order valence-electron chi connectivity index (χ1n) is 32.5. The number of nitrogens with one attached hydrogen (secondary N) is 9. The number of unbranched alkanes of at least 4 members (excludes halogenated alkanes) is 1. The van der Waals surface area contributed by atoms with Gasteiger partial charge in [-0.3, -0.25) is 72.3 Å². The molecule has 2 fully saturated rings. The Kier molecular flexibility index (Phi) is 32.6. The van der Waals surface area contributed by atoms with E-state index in [0.717, 1.165) is 21.6 Å². The molecule has 32 nitrogen and oxygen atoms in total. The number of hydrogen-bond acceptors (Lipinski definition) is 22. The van der Waals surface area contributed by atoms with Crippen molar-refractivity contribution in [2.45, 2.75) is 113 Å². The van der Waals surface area contributed by atoms with Gasteiger partial charge in [0.2, 0.25) is 47.3 Å². The lowest BCUT2D eigenvalue weighted by Gasteiger charge is -2.33. The number of H-pyrrole nitrogens is 1. The molecule has 4 aromatic rings. The number of rotatable bonds is 26. The second kappa shape index (κ2) is 40.6. The maximum absolute atomic E-state index is 15.3. The third-order valence-corrected chi connectivity index (χ3v) is 19.0.